The van der Waals surface area contributed by atoms with Crippen LogP contribution in [0.5, 0.6) is 5.75 Å². The molecule has 2 fully saturated rings. The van der Waals surface area contributed by atoms with E-state index in [4.69, 9.17) is 14.5 Å². The highest BCUT2D eigenvalue weighted by molar-refractivity contribution is 7.90. The summed E-state index contributed by atoms with van der Waals surface area (Å²) in [6.45, 7) is 1.87. The van der Waals surface area contributed by atoms with Crippen LogP contribution in [-0.4, -0.2) is 84.7 Å². The first kappa shape index (κ1) is 28.4. The van der Waals surface area contributed by atoms with Crippen LogP contribution in [0, 0.1) is 5.92 Å². The van der Waals surface area contributed by atoms with Crippen LogP contribution in [0.4, 0.5) is 5.95 Å². The number of nitrogens with one attached hydrogen (secondary N) is 1. The number of nitrogens with zero attached hydrogens (tertiary/aromatic N) is 4. The SMILES string of the molecule is COC1CCCN(C(=O)[C@H]2CC[C@H](Nc3nccc(-n4ccc5c(OCCCS(C)(=O)=O)cccc54)n3)CC2)C1. The van der Waals surface area contributed by atoms with Gasteiger partial charge in [-0.05, 0) is 69.2 Å². The Morgan fingerprint density at radius 3 is 2.73 bits per heavy atom. The van der Waals surface area contributed by atoms with Gasteiger partial charge in [0.25, 0.3) is 0 Å². The number of fused-ring (bicyclic) bond motifs is 1. The number of piperidine rings is 1. The molecule has 1 saturated heterocycles. The quantitative estimate of drug-likeness (QED) is 0.366. The van der Waals surface area contributed by atoms with E-state index in [0.717, 1.165) is 61.8 Å². The molecule has 11 heteroatoms. The molecule has 3 aromatic rings. The Kier molecular flexibility index (Phi) is 8.90. The van der Waals surface area contributed by atoms with Gasteiger partial charge in [-0.2, -0.15) is 4.98 Å². The van der Waals surface area contributed by atoms with Crippen molar-refractivity contribution in [2.45, 2.75) is 57.1 Å². The van der Waals surface area contributed by atoms with E-state index in [1.165, 1.54) is 6.26 Å². The maximum atomic E-state index is 13.1. The number of hydrogen-bond donors (Lipinski definition) is 1. The van der Waals surface area contributed by atoms with Gasteiger partial charge in [-0.3, -0.25) is 4.79 Å². The minimum absolute atomic E-state index is 0.0786. The first-order valence-corrected chi connectivity index (χ1v) is 16.2. The molecule has 5 rings (SSSR count). The molecular weight excluding hydrogens is 530 g/mol. The van der Waals surface area contributed by atoms with Crippen LogP contribution >= 0.6 is 0 Å². The zero-order valence-electron chi connectivity index (χ0n) is 23.3. The first-order valence-electron chi connectivity index (χ1n) is 14.1. The number of methoxy groups -OCH3 is 1. The average Bonchev–Trinajstić information content (AvgIpc) is 3.40. The van der Waals surface area contributed by atoms with Crippen LogP contribution in [-0.2, 0) is 19.4 Å². The monoisotopic (exact) mass is 569 g/mol. The second-order valence-electron chi connectivity index (χ2n) is 10.9. The van der Waals surface area contributed by atoms with Gasteiger partial charge in [0.05, 0.1) is 24.0 Å². The Hall–Kier alpha value is -3.18. The van der Waals surface area contributed by atoms with Crippen LogP contribution in [0.2, 0.25) is 0 Å². The van der Waals surface area contributed by atoms with E-state index in [1.807, 2.05) is 46.0 Å². The van der Waals surface area contributed by atoms with E-state index in [-0.39, 0.29) is 29.7 Å². The van der Waals surface area contributed by atoms with Crippen LogP contribution in [0.1, 0.15) is 44.9 Å². The van der Waals surface area contributed by atoms with E-state index >= 15 is 0 Å². The van der Waals surface area contributed by atoms with E-state index < -0.39 is 9.84 Å². The number of amides is 1. The standard InChI is InChI=1S/C29H39N5O5S/c1-38-23-6-4-16-33(20-23)28(35)21-9-11-22(12-10-21)31-29-30-15-13-27(32-29)34-17-14-24-25(34)7-3-8-26(24)39-18-5-19-40(2,36)37/h3,7-8,13-15,17,21-23H,4-6,9-12,16,18-20H2,1-2H3,(H,30,31,32)/t21-,22-,23?. The fourth-order valence-electron chi connectivity index (χ4n) is 5.78. The normalized spacial score (nSPS) is 21.9. The molecule has 40 heavy (non-hydrogen) atoms. The van der Waals surface area contributed by atoms with Crippen molar-refractivity contribution in [3.63, 3.8) is 0 Å². The molecule has 1 aliphatic heterocycles. The second-order valence-corrected chi connectivity index (χ2v) is 13.2. The number of likely N-dealkylation sites (tertiary alicyclic amines) is 1. The lowest BCUT2D eigenvalue weighted by atomic mass is 9.85. The van der Waals surface area contributed by atoms with Crippen LogP contribution in [0.15, 0.2) is 42.7 Å². The summed E-state index contributed by atoms with van der Waals surface area (Å²) in [7, 11) is -1.28. The summed E-state index contributed by atoms with van der Waals surface area (Å²) in [6.07, 6.45) is 11.1. The summed E-state index contributed by atoms with van der Waals surface area (Å²) in [5, 5.41) is 4.42. The Morgan fingerprint density at radius 1 is 1.12 bits per heavy atom. The molecule has 3 heterocycles. The average molecular weight is 570 g/mol. The van der Waals surface area contributed by atoms with E-state index in [1.54, 1.807) is 13.3 Å². The van der Waals surface area contributed by atoms with Crippen molar-refractivity contribution >= 4 is 32.6 Å². The molecule has 216 valence electrons. The first-order chi connectivity index (χ1) is 19.3. The molecule has 0 radical (unpaired) electrons. The highest BCUT2D eigenvalue weighted by atomic mass is 32.2. The van der Waals surface area contributed by atoms with E-state index in [2.05, 4.69) is 10.3 Å². The Balaban J connectivity index is 1.19. The highest BCUT2D eigenvalue weighted by Crippen LogP contribution is 2.30. The van der Waals surface area contributed by atoms with Gasteiger partial charge < -0.3 is 24.3 Å². The highest BCUT2D eigenvalue weighted by Gasteiger charge is 2.32. The summed E-state index contributed by atoms with van der Waals surface area (Å²) < 4.78 is 36.2. The molecule has 0 bridgehead atoms. The number of carbonyl (C=O) groups excluding carboxylic acids is 1. The van der Waals surface area contributed by atoms with Crippen molar-refractivity contribution in [2.24, 2.45) is 5.92 Å². The molecule has 1 unspecified atom stereocenters. The molecule has 0 spiro atoms. The Labute approximate surface area is 236 Å². The maximum Gasteiger partial charge on any atom is 0.225 e. The maximum absolute atomic E-state index is 13.1. The molecule has 1 aliphatic carbocycles. The third-order valence-electron chi connectivity index (χ3n) is 7.93. The third-order valence-corrected chi connectivity index (χ3v) is 8.96. The van der Waals surface area contributed by atoms with Gasteiger partial charge in [-0.1, -0.05) is 6.07 Å². The molecule has 1 saturated carbocycles. The topological polar surface area (TPSA) is 116 Å². The van der Waals surface area contributed by atoms with Gasteiger partial charge >= 0.3 is 0 Å². The lowest BCUT2D eigenvalue weighted by Crippen LogP contribution is -2.46. The van der Waals surface area contributed by atoms with Crippen LogP contribution < -0.4 is 10.1 Å². The summed E-state index contributed by atoms with van der Waals surface area (Å²) in [4.78, 5) is 24.3. The lowest BCUT2D eigenvalue weighted by Gasteiger charge is -2.36. The fraction of sp³-hybridized carbons (Fsp3) is 0.552. The molecular formula is C29H39N5O5S. The zero-order valence-corrected chi connectivity index (χ0v) is 24.1. The summed E-state index contributed by atoms with van der Waals surface area (Å²) in [5.41, 5.74) is 0.942. The summed E-state index contributed by atoms with van der Waals surface area (Å²) in [5.74, 6) is 2.48. The number of carbonyl (C=O) groups is 1. The number of aromatic nitrogens is 3. The van der Waals surface area contributed by atoms with Gasteiger partial charge in [-0.15, -0.1) is 0 Å². The molecule has 2 aliphatic rings. The molecule has 1 atom stereocenters. The molecule has 1 N–H and O–H groups in total. The number of sulfone groups is 1. The number of anilines is 1. The number of hydrogen-bond acceptors (Lipinski definition) is 8. The van der Waals surface area contributed by atoms with Crippen LogP contribution in [0.25, 0.3) is 16.7 Å². The largest absolute Gasteiger partial charge is 0.493 e. The number of benzene rings is 1. The predicted octanol–water partition coefficient (Wildman–Crippen LogP) is 3.84. The van der Waals surface area contributed by atoms with Crippen molar-refractivity contribution in [3.8, 4) is 11.6 Å². The van der Waals surface area contributed by atoms with Crippen molar-refractivity contribution in [1.29, 1.82) is 0 Å². The van der Waals surface area contributed by atoms with Crippen molar-refractivity contribution in [3.05, 3.63) is 42.7 Å². The van der Waals surface area contributed by atoms with Gasteiger partial charge in [0.2, 0.25) is 11.9 Å². The minimum Gasteiger partial charge on any atom is -0.493 e. The number of rotatable bonds is 10. The van der Waals surface area contributed by atoms with E-state index in [9.17, 15) is 13.2 Å². The summed E-state index contributed by atoms with van der Waals surface area (Å²) in [6, 6.07) is 9.88. The van der Waals surface area contributed by atoms with Gasteiger partial charge in [-0.25, -0.2) is 13.4 Å². The molecule has 1 aromatic carbocycles. The van der Waals surface area contributed by atoms with E-state index in [0.29, 0.717) is 31.3 Å². The van der Waals surface area contributed by atoms with Crippen molar-refractivity contribution in [2.75, 3.05) is 44.1 Å². The zero-order chi connectivity index (χ0) is 28.1. The second kappa shape index (κ2) is 12.6. The Bertz CT molecular complexity index is 1420. The van der Waals surface area contributed by atoms with Gasteiger partial charge in [0.15, 0.2) is 0 Å². The Morgan fingerprint density at radius 2 is 1.95 bits per heavy atom. The molecule has 2 aromatic heterocycles. The van der Waals surface area contributed by atoms with Crippen LogP contribution in [0.3, 0.4) is 0 Å². The summed E-state index contributed by atoms with van der Waals surface area (Å²) >= 11 is 0. The fourth-order valence-corrected chi connectivity index (χ4v) is 6.42. The van der Waals surface area contributed by atoms with Gasteiger partial charge in [0.1, 0.15) is 21.4 Å². The molecule has 1 amide bonds. The third kappa shape index (κ3) is 6.93. The number of ether oxygens (including phenoxy) is 2. The minimum atomic E-state index is -3.01. The van der Waals surface area contributed by atoms with Crippen molar-refractivity contribution < 1.29 is 22.7 Å². The smallest absolute Gasteiger partial charge is 0.225 e. The van der Waals surface area contributed by atoms with Crippen molar-refractivity contribution in [1.82, 2.24) is 19.4 Å². The lowest BCUT2D eigenvalue weighted by molar-refractivity contribution is -0.140. The molecule has 10 nitrogen and oxygen atoms in total. The predicted molar refractivity (Wildman–Crippen MR) is 155 cm³/mol. The van der Waals surface area contributed by atoms with Gasteiger partial charge in [0, 0.05) is 56.2 Å².